The number of aliphatic carboxylic acids is 1. The Morgan fingerprint density at radius 1 is 0.392 bits per heavy atom. The van der Waals surface area contributed by atoms with Gasteiger partial charge >= 0.3 is 11.9 Å². The minimum atomic E-state index is -1.64. The number of allylic oxidation sites excluding steroid dienone is 28. The van der Waals surface area contributed by atoms with Crippen LogP contribution in [0.15, 0.2) is 170 Å². The molecule has 9 heteroatoms. The van der Waals surface area contributed by atoms with Crippen LogP contribution in [0, 0.1) is 0 Å². The van der Waals surface area contributed by atoms with Gasteiger partial charge in [-0.25, -0.2) is 0 Å². The van der Waals surface area contributed by atoms with E-state index in [0.717, 1.165) is 148 Å². The van der Waals surface area contributed by atoms with Gasteiger partial charge in [-0.2, -0.15) is 0 Å². The van der Waals surface area contributed by atoms with Crippen LogP contribution in [0.25, 0.3) is 0 Å². The monoisotopic (exact) mass is 1090 g/mol. The molecule has 0 rings (SSSR count). The van der Waals surface area contributed by atoms with Gasteiger partial charge in [0.05, 0.1) is 40.3 Å². The number of quaternary nitrogens is 1. The Bertz CT molecular complexity index is 1900. The van der Waals surface area contributed by atoms with Crippen molar-refractivity contribution in [2.24, 2.45) is 0 Å². The summed E-state index contributed by atoms with van der Waals surface area (Å²) in [4.78, 5) is 37.2. The standard InChI is InChI=1S/C70H109NO8/c1-6-8-10-12-14-16-18-20-21-22-23-24-25-26-27-28-29-30-31-32-33-34-35-36-37-38-39-40-41-42-43-44-45-46-47-49-51-53-55-57-59-61-68(73)79-66(65-78-70(69(74)75)76-63-62-71(3,4)5)64-77-67(72)60-58-56-54-52-50-48-19-17-15-13-11-9-7-2/h8,10-11,13-14,16-17,19-21,23-24,26-27,29-30,32-33,35-36,38-39,41-42,44-45,47,49,66,70H,6-7,9,12,15,18,22,25,28,31,34,37,40,43,46,48,50-65H2,1-5H3/b10-8-,13-11-,16-14-,19-17-,21-20-,24-23-,27-26-,30-29-,33-32-,36-35-,39-38-,42-41-,45-44-,49-47-. The largest absolute Gasteiger partial charge is 0.545 e. The van der Waals surface area contributed by atoms with E-state index in [1.54, 1.807) is 0 Å². The molecule has 0 aromatic heterocycles. The average Bonchev–Trinajstić information content (AvgIpc) is 3.42. The van der Waals surface area contributed by atoms with Crippen molar-refractivity contribution < 1.29 is 42.9 Å². The number of carbonyl (C=O) groups is 3. The van der Waals surface area contributed by atoms with Crippen molar-refractivity contribution in [1.29, 1.82) is 0 Å². The number of nitrogens with zero attached hydrogens (tertiary/aromatic N) is 1. The van der Waals surface area contributed by atoms with Crippen molar-refractivity contribution in [2.45, 2.75) is 206 Å². The maximum Gasteiger partial charge on any atom is 0.306 e. The van der Waals surface area contributed by atoms with Crippen LogP contribution in [0.5, 0.6) is 0 Å². The minimum absolute atomic E-state index is 0.131. The zero-order valence-electron chi connectivity index (χ0n) is 50.2. The molecule has 0 fully saturated rings. The molecule has 0 spiro atoms. The molecule has 0 saturated heterocycles. The van der Waals surface area contributed by atoms with E-state index < -0.39 is 24.3 Å². The van der Waals surface area contributed by atoms with Crippen LogP contribution < -0.4 is 5.11 Å². The van der Waals surface area contributed by atoms with Crippen LogP contribution in [-0.2, 0) is 33.3 Å². The van der Waals surface area contributed by atoms with Gasteiger partial charge in [-0.1, -0.05) is 223 Å². The van der Waals surface area contributed by atoms with E-state index in [2.05, 4.69) is 184 Å². The van der Waals surface area contributed by atoms with Crippen LogP contribution in [0.3, 0.4) is 0 Å². The lowest BCUT2D eigenvalue weighted by molar-refractivity contribution is -0.870. The summed E-state index contributed by atoms with van der Waals surface area (Å²) < 4.78 is 22.6. The number of carbonyl (C=O) groups excluding carboxylic acids is 3. The van der Waals surface area contributed by atoms with Crippen LogP contribution in [-0.4, -0.2) is 82.3 Å². The number of unbranched alkanes of at least 4 members (excludes halogenated alkanes) is 10. The molecule has 442 valence electrons. The van der Waals surface area contributed by atoms with Crippen LogP contribution in [0.1, 0.15) is 194 Å². The Kier molecular flexibility index (Phi) is 54.8. The predicted molar refractivity (Wildman–Crippen MR) is 333 cm³/mol. The molecule has 0 bridgehead atoms. The van der Waals surface area contributed by atoms with Crippen molar-refractivity contribution in [2.75, 3.05) is 47.5 Å². The van der Waals surface area contributed by atoms with E-state index in [9.17, 15) is 19.5 Å². The molecule has 9 nitrogen and oxygen atoms in total. The third-order valence-electron chi connectivity index (χ3n) is 11.9. The van der Waals surface area contributed by atoms with E-state index in [0.29, 0.717) is 23.9 Å². The molecule has 2 atom stereocenters. The first kappa shape index (κ1) is 73.7. The first-order valence-corrected chi connectivity index (χ1v) is 30.3. The van der Waals surface area contributed by atoms with Gasteiger partial charge < -0.3 is 33.3 Å². The molecule has 0 saturated carbocycles. The first-order chi connectivity index (χ1) is 38.6. The Balaban J connectivity index is 4.25. The van der Waals surface area contributed by atoms with Crippen molar-refractivity contribution in [1.82, 2.24) is 0 Å². The summed E-state index contributed by atoms with van der Waals surface area (Å²) in [5, 5.41) is 11.8. The fourth-order valence-corrected chi connectivity index (χ4v) is 7.32. The second-order valence-electron chi connectivity index (χ2n) is 20.5. The molecule has 0 radical (unpaired) electrons. The molecule has 0 N–H and O–H groups in total. The van der Waals surface area contributed by atoms with Gasteiger partial charge in [-0.05, 0) is 128 Å². The Labute approximate surface area is 482 Å². The van der Waals surface area contributed by atoms with Gasteiger partial charge in [0, 0.05) is 12.8 Å². The highest BCUT2D eigenvalue weighted by atomic mass is 16.7. The van der Waals surface area contributed by atoms with Crippen molar-refractivity contribution in [3.8, 4) is 0 Å². The Morgan fingerprint density at radius 3 is 1.08 bits per heavy atom. The molecular formula is C70H109NO8. The molecule has 0 aliphatic carbocycles. The van der Waals surface area contributed by atoms with Gasteiger partial charge in [-0.3, -0.25) is 9.59 Å². The third kappa shape index (κ3) is 60.1. The molecule has 0 aromatic carbocycles. The lowest BCUT2D eigenvalue weighted by atomic mass is 10.1. The van der Waals surface area contributed by atoms with Crippen LogP contribution in [0.4, 0.5) is 0 Å². The first-order valence-electron chi connectivity index (χ1n) is 30.3. The predicted octanol–water partition coefficient (Wildman–Crippen LogP) is 17.0. The second kappa shape index (κ2) is 58.8. The highest BCUT2D eigenvalue weighted by Crippen LogP contribution is 2.12. The van der Waals surface area contributed by atoms with E-state index >= 15 is 0 Å². The van der Waals surface area contributed by atoms with Crippen LogP contribution in [0.2, 0.25) is 0 Å². The topological polar surface area (TPSA) is 111 Å². The zero-order chi connectivity index (χ0) is 57.6. The van der Waals surface area contributed by atoms with E-state index in [1.165, 1.54) is 6.42 Å². The number of rotatable bonds is 53. The fourth-order valence-electron chi connectivity index (χ4n) is 7.32. The number of ether oxygens (including phenoxy) is 4. The number of likely N-dealkylation sites (N-methyl/N-ethyl adjacent to an activating group) is 1. The van der Waals surface area contributed by atoms with E-state index in [1.807, 2.05) is 21.1 Å². The molecule has 0 aliphatic rings. The normalized spacial score (nSPS) is 14.0. The number of carboxylic acid groups (broad SMARTS) is 1. The average molecular weight is 1090 g/mol. The van der Waals surface area contributed by atoms with Gasteiger partial charge in [0.1, 0.15) is 13.2 Å². The third-order valence-corrected chi connectivity index (χ3v) is 11.9. The molecule has 0 amide bonds. The molecule has 2 unspecified atom stereocenters. The summed E-state index contributed by atoms with van der Waals surface area (Å²) in [6.45, 7) is 4.48. The van der Waals surface area contributed by atoms with Crippen molar-refractivity contribution in [3.63, 3.8) is 0 Å². The summed E-state index contributed by atoms with van der Waals surface area (Å²) in [5.74, 6) is -2.36. The van der Waals surface area contributed by atoms with Gasteiger partial charge in [0.15, 0.2) is 12.4 Å². The maximum absolute atomic E-state index is 12.8. The van der Waals surface area contributed by atoms with Gasteiger partial charge in [0.2, 0.25) is 0 Å². The number of esters is 2. The fraction of sp³-hybridized carbons (Fsp3) is 0.557. The Morgan fingerprint density at radius 2 is 0.722 bits per heavy atom. The SMILES string of the molecule is CC/C=C\C/C=C\C/C=C\C/C=C\C/C=C\C/C=C\C/C=C\C/C=C\C/C=C\C/C=C\C/C=C\C/C=C\CCCCCCC(=O)OC(COC(=O)CCCCCCC/C=C\C/C=C\CCC)COC(OCC[N+](C)(C)C)C(=O)[O-]. The quantitative estimate of drug-likeness (QED) is 0.0195. The summed E-state index contributed by atoms with van der Waals surface area (Å²) >= 11 is 0. The van der Waals surface area contributed by atoms with Crippen molar-refractivity contribution >= 4 is 17.9 Å². The molecule has 79 heavy (non-hydrogen) atoms. The summed E-state index contributed by atoms with van der Waals surface area (Å²) in [7, 11) is 5.89. The zero-order valence-corrected chi connectivity index (χ0v) is 50.2. The molecule has 0 aromatic rings. The van der Waals surface area contributed by atoms with E-state index in [-0.39, 0.29) is 38.6 Å². The van der Waals surface area contributed by atoms with E-state index in [4.69, 9.17) is 18.9 Å². The summed E-state index contributed by atoms with van der Waals surface area (Å²) in [6, 6.07) is 0. The lowest BCUT2D eigenvalue weighted by Crippen LogP contribution is -2.44. The number of hydrogen-bond donors (Lipinski definition) is 0. The van der Waals surface area contributed by atoms with Gasteiger partial charge in [0.25, 0.3) is 0 Å². The molecule has 0 heterocycles. The number of hydrogen-bond acceptors (Lipinski definition) is 8. The summed E-state index contributed by atoms with van der Waals surface area (Å²) in [6.07, 6.45) is 85.6. The van der Waals surface area contributed by atoms with Crippen LogP contribution >= 0.6 is 0 Å². The highest BCUT2D eigenvalue weighted by Gasteiger charge is 2.22. The second-order valence-corrected chi connectivity index (χ2v) is 20.5. The molecular weight excluding hydrogens is 983 g/mol. The van der Waals surface area contributed by atoms with Gasteiger partial charge in [-0.15, -0.1) is 0 Å². The molecule has 0 aliphatic heterocycles. The smallest absolute Gasteiger partial charge is 0.306 e. The maximum atomic E-state index is 12.8. The Hall–Kier alpha value is -5.35. The minimum Gasteiger partial charge on any atom is -0.545 e. The number of carboxylic acids is 1. The lowest BCUT2D eigenvalue weighted by Gasteiger charge is -2.26. The van der Waals surface area contributed by atoms with Crippen molar-refractivity contribution in [3.05, 3.63) is 170 Å². The highest BCUT2D eigenvalue weighted by molar-refractivity contribution is 5.70. The summed E-state index contributed by atoms with van der Waals surface area (Å²) in [5.41, 5.74) is 0.